The molecule has 1 heterocycles. The number of carbonyl (C=O) groups is 1. The first kappa shape index (κ1) is 12.7. The van der Waals surface area contributed by atoms with Crippen molar-refractivity contribution in [2.24, 2.45) is 0 Å². The van der Waals surface area contributed by atoms with Gasteiger partial charge in [-0.2, -0.15) is 0 Å². The van der Waals surface area contributed by atoms with E-state index in [9.17, 15) is 15.0 Å². The van der Waals surface area contributed by atoms with Crippen molar-refractivity contribution in [2.75, 3.05) is 20.1 Å². The highest BCUT2D eigenvalue weighted by Crippen LogP contribution is 2.24. The second kappa shape index (κ2) is 5.27. The molecule has 98 valence electrons. The molecule has 0 spiro atoms. The summed E-state index contributed by atoms with van der Waals surface area (Å²) in [6, 6.07) is 4.28. The molecule has 1 fully saturated rings. The molecule has 18 heavy (non-hydrogen) atoms. The van der Waals surface area contributed by atoms with Crippen LogP contribution in [0.25, 0.3) is 0 Å². The monoisotopic (exact) mass is 250 g/mol. The SMILES string of the molecule is CN1CCC(NC(=O)c2ccc(O)c(O)c2)CC1. The zero-order valence-corrected chi connectivity index (χ0v) is 10.4. The Morgan fingerprint density at radius 1 is 1.28 bits per heavy atom. The molecule has 1 aliphatic heterocycles. The average Bonchev–Trinajstić information content (AvgIpc) is 2.35. The van der Waals surface area contributed by atoms with Gasteiger partial charge >= 0.3 is 0 Å². The second-order valence-corrected chi connectivity index (χ2v) is 4.75. The van der Waals surface area contributed by atoms with Gasteiger partial charge < -0.3 is 20.4 Å². The van der Waals surface area contributed by atoms with Gasteiger partial charge in [0.25, 0.3) is 5.91 Å². The van der Waals surface area contributed by atoms with Gasteiger partial charge in [-0.3, -0.25) is 4.79 Å². The first-order chi connectivity index (χ1) is 8.56. The van der Waals surface area contributed by atoms with Crippen molar-refractivity contribution in [1.82, 2.24) is 10.2 Å². The molecule has 0 radical (unpaired) electrons. The number of piperidine rings is 1. The summed E-state index contributed by atoms with van der Waals surface area (Å²) >= 11 is 0. The van der Waals surface area contributed by atoms with Crippen molar-refractivity contribution in [3.8, 4) is 11.5 Å². The summed E-state index contributed by atoms with van der Waals surface area (Å²) < 4.78 is 0. The van der Waals surface area contributed by atoms with E-state index < -0.39 is 0 Å². The van der Waals surface area contributed by atoms with Crippen LogP contribution in [0.15, 0.2) is 18.2 Å². The maximum atomic E-state index is 11.9. The number of benzene rings is 1. The molecule has 3 N–H and O–H groups in total. The number of phenols is 2. The fraction of sp³-hybridized carbons (Fsp3) is 0.462. The topological polar surface area (TPSA) is 72.8 Å². The molecule has 5 nitrogen and oxygen atoms in total. The third kappa shape index (κ3) is 2.92. The lowest BCUT2D eigenvalue weighted by atomic mass is 10.0. The number of carbonyl (C=O) groups excluding carboxylic acids is 1. The first-order valence-corrected chi connectivity index (χ1v) is 6.07. The minimum Gasteiger partial charge on any atom is -0.504 e. The normalized spacial score (nSPS) is 17.6. The largest absolute Gasteiger partial charge is 0.504 e. The van der Waals surface area contributed by atoms with E-state index in [-0.39, 0.29) is 23.4 Å². The Morgan fingerprint density at radius 2 is 1.94 bits per heavy atom. The van der Waals surface area contributed by atoms with Crippen LogP contribution >= 0.6 is 0 Å². The lowest BCUT2D eigenvalue weighted by molar-refractivity contribution is 0.0916. The Balaban J connectivity index is 1.97. The van der Waals surface area contributed by atoms with Crippen LogP contribution in [-0.4, -0.2) is 47.2 Å². The Kier molecular flexibility index (Phi) is 3.72. The van der Waals surface area contributed by atoms with Crippen LogP contribution in [0.2, 0.25) is 0 Å². The van der Waals surface area contributed by atoms with E-state index >= 15 is 0 Å². The van der Waals surface area contributed by atoms with Crippen molar-refractivity contribution < 1.29 is 15.0 Å². The number of phenolic OH excluding ortho intramolecular Hbond substituents is 2. The lowest BCUT2D eigenvalue weighted by Gasteiger charge is -2.29. The molecule has 1 amide bonds. The van der Waals surface area contributed by atoms with Crippen LogP contribution in [0, 0.1) is 0 Å². The standard InChI is InChI=1S/C13H18N2O3/c1-15-6-4-10(5-7-15)14-13(18)9-2-3-11(16)12(17)8-9/h2-3,8,10,16-17H,4-7H2,1H3,(H,14,18). The number of nitrogens with zero attached hydrogens (tertiary/aromatic N) is 1. The minimum absolute atomic E-state index is 0.185. The molecule has 2 rings (SSSR count). The summed E-state index contributed by atoms with van der Waals surface area (Å²) in [7, 11) is 2.07. The van der Waals surface area contributed by atoms with Gasteiger partial charge in [0.1, 0.15) is 0 Å². The molecule has 0 unspecified atom stereocenters. The summed E-state index contributed by atoms with van der Waals surface area (Å²) in [4.78, 5) is 14.2. The second-order valence-electron chi connectivity index (χ2n) is 4.75. The molecule has 5 heteroatoms. The van der Waals surface area contributed by atoms with Gasteiger partial charge in [-0.25, -0.2) is 0 Å². The van der Waals surface area contributed by atoms with Crippen molar-refractivity contribution >= 4 is 5.91 Å². The van der Waals surface area contributed by atoms with Gasteiger partial charge in [-0.05, 0) is 51.2 Å². The summed E-state index contributed by atoms with van der Waals surface area (Å²) in [5, 5.41) is 21.5. The van der Waals surface area contributed by atoms with Gasteiger partial charge in [0, 0.05) is 11.6 Å². The Bertz CT molecular complexity index is 440. The molecule has 1 saturated heterocycles. The predicted molar refractivity (Wildman–Crippen MR) is 67.8 cm³/mol. The third-order valence-corrected chi connectivity index (χ3v) is 3.29. The van der Waals surface area contributed by atoms with Crippen LogP contribution < -0.4 is 5.32 Å². The maximum Gasteiger partial charge on any atom is 0.251 e. The molecule has 0 aromatic heterocycles. The number of aromatic hydroxyl groups is 2. The Hall–Kier alpha value is -1.75. The van der Waals surface area contributed by atoms with Crippen LogP contribution in [0.4, 0.5) is 0 Å². The van der Waals surface area contributed by atoms with Crippen LogP contribution in [0.1, 0.15) is 23.2 Å². The minimum atomic E-state index is -0.272. The first-order valence-electron chi connectivity index (χ1n) is 6.07. The molecule has 0 aliphatic carbocycles. The van der Waals surface area contributed by atoms with E-state index in [1.807, 2.05) is 0 Å². The van der Waals surface area contributed by atoms with E-state index in [0.717, 1.165) is 25.9 Å². The zero-order chi connectivity index (χ0) is 13.1. The Labute approximate surface area is 106 Å². The van der Waals surface area contributed by atoms with E-state index in [0.29, 0.717) is 5.56 Å². The summed E-state index contributed by atoms with van der Waals surface area (Å²) in [5.74, 6) is -0.697. The zero-order valence-electron chi connectivity index (χ0n) is 10.4. The van der Waals surface area contributed by atoms with Gasteiger partial charge in [0.2, 0.25) is 0 Å². The number of rotatable bonds is 2. The van der Waals surface area contributed by atoms with Crippen LogP contribution in [0.3, 0.4) is 0 Å². The number of hydrogen-bond acceptors (Lipinski definition) is 4. The highest BCUT2D eigenvalue weighted by atomic mass is 16.3. The van der Waals surface area contributed by atoms with Gasteiger partial charge in [0.15, 0.2) is 11.5 Å². The summed E-state index contributed by atoms with van der Waals surface area (Å²) in [6.07, 6.45) is 1.87. The van der Waals surface area contributed by atoms with E-state index in [1.54, 1.807) is 0 Å². The summed E-state index contributed by atoms with van der Waals surface area (Å²) in [5.41, 5.74) is 0.365. The number of likely N-dealkylation sites (tertiary alicyclic amines) is 1. The molecular weight excluding hydrogens is 232 g/mol. The predicted octanol–water partition coefficient (Wildman–Crippen LogP) is 0.922. The molecule has 0 atom stereocenters. The Morgan fingerprint density at radius 3 is 2.56 bits per heavy atom. The van der Waals surface area contributed by atoms with Crippen LogP contribution in [0.5, 0.6) is 11.5 Å². The lowest BCUT2D eigenvalue weighted by Crippen LogP contribution is -2.43. The van der Waals surface area contributed by atoms with Gasteiger partial charge in [0.05, 0.1) is 0 Å². The highest BCUT2D eigenvalue weighted by molar-refractivity contribution is 5.95. The smallest absolute Gasteiger partial charge is 0.251 e. The number of amides is 1. The molecule has 0 bridgehead atoms. The molecule has 1 aliphatic rings. The molecular formula is C13H18N2O3. The van der Waals surface area contributed by atoms with E-state index in [4.69, 9.17) is 0 Å². The summed E-state index contributed by atoms with van der Waals surface area (Å²) in [6.45, 7) is 1.96. The van der Waals surface area contributed by atoms with E-state index in [1.165, 1.54) is 18.2 Å². The van der Waals surface area contributed by atoms with Crippen molar-refractivity contribution in [2.45, 2.75) is 18.9 Å². The van der Waals surface area contributed by atoms with Crippen molar-refractivity contribution in [3.63, 3.8) is 0 Å². The maximum absolute atomic E-state index is 11.9. The van der Waals surface area contributed by atoms with Gasteiger partial charge in [-0.15, -0.1) is 0 Å². The van der Waals surface area contributed by atoms with E-state index in [2.05, 4.69) is 17.3 Å². The van der Waals surface area contributed by atoms with Crippen LogP contribution in [-0.2, 0) is 0 Å². The quantitative estimate of drug-likeness (QED) is 0.682. The number of nitrogens with one attached hydrogen (secondary N) is 1. The average molecular weight is 250 g/mol. The number of hydrogen-bond donors (Lipinski definition) is 3. The van der Waals surface area contributed by atoms with Crippen molar-refractivity contribution in [3.05, 3.63) is 23.8 Å². The third-order valence-electron chi connectivity index (χ3n) is 3.29. The fourth-order valence-electron chi connectivity index (χ4n) is 2.09. The highest BCUT2D eigenvalue weighted by Gasteiger charge is 2.19. The molecule has 0 saturated carbocycles. The molecule has 1 aromatic carbocycles. The fourth-order valence-corrected chi connectivity index (χ4v) is 2.09. The molecule has 1 aromatic rings. The van der Waals surface area contributed by atoms with Gasteiger partial charge in [-0.1, -0.05) is 0 Å². The van der Waals surface area contributed by atoms with Crippen molar-refractivity contribution in [1.29, 1.82) is 0 Å².